The van der Waals surface area contributed by atoms with E-state index in [4.69, 9.17) is 4.74 Å². The van der Waals surface area contributed by atoms with Crippen LogP contribution in [0.5, 0.6) is 0 Å². The number of nitrogens with one attached hydrogen (secondary N) is 2. The summed E-state index contributed by atoms with van der Waals surface area (Å²) in [5, 5.41) is 6.02. The number of rotatable bonds is 5. The summed E-state index contributed by atoms with van der Waals surface area (Å²) in [7, 11) is 0. The van der Waals surface area contributed by atoms with E-state index in [-0.39, 0.29) is 0 Å². The molecule has 0 unspecified atom stereocenters. The Morgan fingerprint density at radius 1 is 1.16 bits per heavy atom. The Kier molecular flexibility index (Phi) is 5.67. The van der Waals surface area contributed by atoms with Crippen molar-refractivity contribution in [1.29, 1.82) is 0 Å². The third kappa shape index (κ3) is 6.70. The van der Waals surface area contributed by atoms with Gasteiger partial charge in [-0.05, 0) is 43.0 Å². The summed E-state index contributed by atoms with van der Waals surface area (Å²) >= 11 is 0. The zero-order valence-corrected chi connectivity index (χ0v) is 12.2. The molecule has 0 spiro atoms. The molecule has 0 atom stereocenters. The molecule has 1 aromatic rings. The van der Waals surface area contributed by atoms with Crippen LogP contribution in [-0.2, 0) is 4.74 Å². The third-order valence-corrected chi connectivity index (χ3v) is 2.61. The Morgan fingerprint density at radius 3 is 2.26 bits per heavy atom. The maximum Gasteiger partial charge on any atom is 0.411 e. The van der Waals surface area contributed by atoms with Gasteiger partial charge in [0, 0.05) is 17.9 Å². The summed E-state index contributed by atoms with van der Waals surface area (Å²) in [5.41, 5.74) is 2.12. The first-order valence-corrected chi connectivity index (χ1v) is 6.68. The van der Waals surface area contributed by atoms with E-state index in [0.29, 0.717) is 12.0 Å². The van der Waals surface area contributed by atoms with E-state index in [0.717, 1.165) is 24.3 Å². The smallest absolute Gasteiger partial charge is 0.411 e. The van der Waals surface area contributed by atoms with E-state index < -0.39 is 6.09 Å². The van der Waals surface area contributed by atoms with Crippen LogP contribution in [0.3, 0.4) is 0 Å². The molecular formula is C15H24N2O2. The van der Waals surface area contributed by atoms with Crippen LogP contribution in [0.1, 0.15) is 34.1 Å². The second-order valence-electron chi connectivity index (χ2n) is 5.66. The fourth-order valence-corrected chi connectivity index (χ4v) is 1.54. The van der Waals surface area contributed by atoms with Crippen molar-refractivity contribution in [2.75, 3.05) is 23.8 Å². The Morgan fingerprint density at radius 2 is 1.74 bits per heavy atom. The van der Waals surface area contributed by atoms with Gasteiger partial charge in [0.1, 0.15) is 0 Å². The van der Waals surface area contributed by atoms with Gasteiger partial charge in [0.15, 0.2) is 0 Å². The first kappa shape index (κ1) is 15.3. The lowest BCUT2D eigenvalue weighted by atomic mass is 9.92. The second kappa shape index (κ2) is 7.02. The van der Waals surface area contributed by atoms with Gasteiger partial charge >= 0.3 is 6.09 Å². The number of benzene rings is 1. The molecular weight excluding hydrogens is 240 g/mol. The lowest BCUT2D eigenvalue weighted by molar-refractivity contribution is 0.168. The highest BCUT2D eigenvalue weighted by atomic mass is 16.5. The van der Waals surface area contributed by atoms with E-state index >= 15 is 0 Å². The summed E-state index contributed by atoms with van der Waals surface area (Å²) < 4.78 is 4.81. The summed E-state index contributed by atoms with van der Waals surface area (Å²) in [4.78, 5) is 11.2. The normalized spacial score (nSPS) is 10.9. The molecule has 106 valence electrons. The van der Waals surface area contributed by atoms with Gasteiger partial charge in [0.25, 0.3) is 0 Å². The van der Waals surface area contributed by atoms with Gasteiger partial charge in [-0.1, -0.05) is 20.8 Å². The van der Waals surface area contributed by atoms with Crippen molar-refractivity contribution < 1.29 is 9.53 Å². The maximum atomic E-state index is 11.2. The van der Waals surface area contributed by atoms with Crippen LogP contribution in [0, 0.1) is 5.41 Å². The molecule has 0 saturated carbocycles. The molecule has 1 amide bonds. The number of ether oxygens (including phenoxy) is 1. The molecule has 4 nitrogen and oxygen atoms in total. The minimum absolute atomic E-state index is 0.332. The van der Waals surface area contributed by atoms with E-state index in [9.17, 15) is 4.79 Å². The van der Waals surface area contributed by atoms with Crippen molar-refractivity contribution in [3.05, 3.63) is 24.3 Å². The largest absolute Gasteiger partial charge is 0.450 e. The van der Waals surface area contributed by atoms with Crippen molar-refractivity contribution in [3.63, 3.8) is 0 Å². The van der Waals surface area contributed by atoms with Gasteiger partial charge in [-0.2, -0.15) is 0 Å². The topological polar surface area (TPSA) is 50.4 Å². The SMILES string of the molecule is CCOC(=O)Nc1ccc(NCCC(C)(C)C)cc1. The van der Waals surface area contributed by atoms with Crippen LogP contribution in [0.2, 0.25) is 0 Å². The van der Waals surface area contributed by atoms with Crippen LogP contribution in [-0.4, -0.2) is 19.2 Å². The highest BCUT2D eigenvalue weighted by Gasteiger charge is 2.08. The maximum absolute atomic E-state index is 11.2. The van der Waals surface area contributed by atoms with Crippen molar-refractivity contribution in [1.82, 2.24) is 0 Å². The summed E-state index contributed by atoms with van der Waals surface area (Å²) in [6, 6.07) is 7.61. The minimum Gasteiger partial charge on any atom is -0.450 e. The Balaban J connectivity index is 2.41. The summed E-state index contributed by atoms with van der Waals surface area (Å²) in [5.74, 6) is 0. The lowest BCUT2D eigenvalue weighted by Gasteiger charge is -2.18. The molecule has 0 fully saturated rings. The molecule has 0 heterocycles. The summed E-state index contributed by atoms with van der Waals surface area (Å²) in [6.07, 6.45) is 0.687. The second-order valence-corrected chi connectivity index (χ2v) is 5.66. The van der Waals surface area contributed by atoms with E-state index in [1.807, 2.05) is 24.3 Å². The molecule has 0 aliphatic carbocycles. The van der Waals surface area contributed by atoms with Gasteiger partial charge in [-0.15, -0.1) is 0 Å². The van der Waals surface area contributed by atoms with Crippen molar-refractivity contribution in [2.45, 2.75) is 34.1 Å². The van der Waals surface area contributed by atoms with Gasteiger partial charge in [0.2, 0.25) is 0 Å². The predicted molar refractivity (Wildman–Crippen MR) is 79.6 cm³/mol. The van der Waals surface area contributed by atoms with Gasteiger partial charge in [0.05, 0.1) is 6.61 Å². The molecule has 19 heavy (non-hydrogen) atoms. The molecule has 0 radical (unpaired) electrons. The monoisotopic (exact) mass is 264 g/mol. The molecule has 4 heteroatoms. The molecule has 1 rings (SSSR count). The standard InChI is InChI=1S/C15H24N2O2/c1-5-19-14(18)17-13-8-6-12(7-9-13)16-11-10-15(2,3)4/h6-9,16H,5,10-11H2,1-4H3,(H,17,18). The van der Waals surface area contributed by atoms with E-state index in [1.54, 1.807) is 6.92 Å². The molecule has 0 aliphatic heterocycles. The molecule has 0 bridgehead atoms. The van der Waals surface area contributed by atoms with Crippen LogP contribution in [0.25, 0.3) is 0 Å². The number of carbonyl (C=O) groups excluding carboxylic acids is 1. The number of anilines is 2. The van der Waals surface area contributed by atoms with Gasteiger partial charge < -0.3 is 10.1 Å². The average Bonchev–Trinajstić information content (AvgIpc) is 2.30. The predicted octanol–water partition coefficient (Wildman–Crippen LogP) is 4.10. The van der Waals surface area contributed by atoms with Gasteiger partial charge in [-0.25, -0.2) is 4.79 Å². The fourth-order valence-electron chi connectivity index (χ4n) is 1.54. The molecule has 2 N–H and O–H groups in total. The van der Waals surface area contributed by atoms with E-state index in [1.165, 1.54) is 0 Å². The average molecular weight is 264 g/mol. The number of amides is 1. The van der Waals surface area contributed by atoms with Crippen molar-refractivity contribution in [2.24, 2.45) is 5.41 Å². The number of hydrogen-bond acceptors (Lipinski definition) is 3. The van der Waals surface area contributed by atoms with E-state index in [2.05, 4.69) is 31.4 Å². The summed E-state index contributed by atoms with van der Waals surface area (Å²) in [6.45, 7) is 9.76. The first-order chi connectivity index (χ1) is 8.90. The zero-order valence-electron chi connectivity index (χ0n) is 12.2. The van der Waals surface area contributed by atoms with Crippen LogP contribution < -0.4 is 10.6 Å². The van der Waals surface area contributed by atoms with Crippen LogP contribution in [0.4, 0.5) is 16.2 Å². The lowest BCUT2D eigenvalue weighted by Crippen LogP contribution is -2.14. The number of carbonyl (C=O) groups is 1. The van der Waals surface area contributed by atoms with Crippen LogP contribution in [0.15, 0.2) is 24.3 Å². The third-order valence-electron chi connectivity index (χ3n) is 2.61. The molecule has 0 aliphatic rings. The van der Waals surface area contributed by atoms with Crippen molar-refractivity contribution in [3.8, 4) is 0 Å². The Bertz CT molecular complexity index is 394. The van der Waals surface area contributed by atoms with Crippen LogP contribution >= 0.6 is 0 Å². The zero-order chi connectivity index (χ0) is 14.3. The Hall–Kier alpha value is -1.71. The fraction of sp³-hybridized carbons (Fsp3) is 0.533. The highest BCUT2D eigenvalue weighted by Crippen LogP contribution is 2.19. The number of hydrogen-bond donors (Lipinski definition) is 2. The first-order valence-electron chi connectivity index (χ1n) is 6.68. The molecule has 0 aromatic heterocycles. The highest BCUT2D eigenvalue weighted by molar-refractivity contribution is 5.84. The minimum atomic E-state index is -0.420. The Labute approximate surface area is 115 Å². The van der Waals surface area contributed by atoms with Gasteiger partial charge in [-0.3, -0.25) is 5.32 Å². The molecule has 1 aromatic carbocycles. The van der Waals surface area contributed by atoms with Crippen molar-refractivity contribution >= 4 is 17.5 Å². The molecule has 0 saturated heterocycles. The quantitative estimate of drug-likeness (QED) is 0.841.